The lowest BCUT2D eigenvalue weighted by molar-refractivity contribution is -0.120. The molecule has 0 aliphatic carbocycles. The summed E-state index contributed by atoms with van der Waals surface area (Å²) in [7, 11) is 0. The number of nitrogens with zero attached hydrogens (tertiary/aromatic N) is 3. The van der Waals surface area contributed by atoms with Crippen molar-refractivity contribution in [3.05, 3.63) is 93.8 Å². The van der Waals surface area contributed by atoms with Gasteiger partial charge in [0.2, 0.25) is 0 Å². The first-order valence-electron chi connectivity index (χ1n) is 10.9. The van der Waals surface area contributed by atoms with Crippen molar-refractivity contribution in [1.29, 1.82) is 0 Å². The summed E-state index contributed by atoms with van der Waals surface area (Å²) in [5, 5.41) is 1.95. The largest absolute Gasteiger partial charge is 0.364 e. The van der Waals surface area contributed by atoms with Gasteiger partial charge in [-0.25, -0.2) is 4.90 Å². The average Bonchev–Trinajstić information content (AvgIpc) is 3.42. The van der Waals surface area contributed by atoms with E-state index >= 15 is 0 Å². The number of rotatable bonds is 5. The van der Waals surface area contributed by atoms with Gasteiger partial charge in [-0.2, -0.15) is 0 Å². The third-order valence-corrected chi connectivity index (χ3v) is 6.94. The molecule has 0 N–H and O–H groups in total. The molecule has 1 fully saturated rings. The molecule has 3 aromatic rings. The zero-order valence-electron chi connectivity index (χ0n) is 18.0. The van der Waals surface area contributed by atoms with Gasteiger partial charge in [0.1, 0.15) is 5.70 Å². The Morgan fingerprint density at radius 2 is 1.53 bits per heavy atom. The summed E-state index contributed by atoms with van der Waals surface area (Å²) in [6.45, 7) is 6.03. The van der Waals surface area contributed by atoms with Crippen molar-refractivity contribution in [3.8, 4) is 0 Å². The number of carbonyl (C=O) groups is 2. The highest BCUT2D eigenvalue weighted by Gasteiger charge is 2.43. The van der Waals surface area contributed by atoms with Gasteiger partial charge in [-0.15, -0.1) is 11.3 Å². The molecule has 2 aliphatic rings. The summed E-state index contributed by atoms with van der Waals surface area (Å²) in [4.78, 5) is 33.7. The monoisotopic (exact) mass is 443 g/mol. The fourth-order valence-electron chi connectivity index (χ4n) is 4.35. The van der Waals surface area contributed by atoms with Crippen LogP contribution >= 0.6 is 11.3 Å². The van der Waals surface area contributed by atoms with Crippen molar-refractivity contribution in [3.63, 3.8) is 0 Å². The first-order valence-corrected chi connectivity index (χ1v) is 11.7. The predicted molar refractivity (Wildman–Crippen MR) is 128 cm³/mol. The van der Waals surface area contributed by atoms with Gasteiger partial charge < -0.3 is 4.90 Å². The van der Waals surface area contributed by atoms with E-state index in [2.05, 4.69) is 34.1 Å². The van der Waals surface area contributed by atoms with Crippen LogP contribution in [0.1, 0.15) is 16.0 Å². The Balaban J connectivity index is 1.41. The van der Waals surface area contributed by atoms with Gasteiger partial charge in [0.25, 0.3) is 11.8 Å². The van der Waals surface area contributed by atoms with E-state index in [1.54, 1.807) is 0 Å². The number of amides is 2. The fraction of sp³-hybridized carbons (Fsp3) is 0.231. The van der Waals surface area contributed by atoms with Crippen molar-refractivity contribution < 1.29 is 9.59 Å². The summed E-state index contributed by atoms with van der Waals surface area (Å²) in [5.41, 5.74) is 4.07. The van der Waals surface area contributed by atoms with E-state index in [1.807, 2.05) is 54.8 Å². The SMILES string of the molecule is Cc1ccc(N2C(=O)C(c3cccs3)=C(N3CCN(Cc4ccccc4)CC3)C2=O)cc1. The Morgan fingerprint density at radius 1 is 0.812 bits per heavy atom. The molecule has 0 bridgehead atoms. The van der Waals surface area contributed by atoms with Crippen LogP contribution in [0, 0.1) is 6.92 Å². The summed E-state index contributed by atoms with van der Waals surface area (Å²) < 4.78 is 0. The molecule has 1 aromatic heterocycles. The predicted octanol–water partition coefficient (Wildman–Crippen LogP) is 4.16. The Hall–Kier alpha value is -3.22. The number of benzene rings is 2. The van der Waals surface area contributed by atoms with Crippen LogP contribution in [-0.4, -0.2) is 47.8 Å². The molecule has 2 aliphatic heterocycles. The van der Waals surface area contributed by atoms with Crippen LogP contribution in [0.15, 0.2) is 77.8 Å². The molecular formula is C26H25N3O2S. The van der Waals surface area contributed by atoms with E-state index in [1.165, 1.54) is 21.8 Å². The number of imide groups is 1. The van der Waals surface area contributed by atoms with E-state index < -0.39 is 0 Å². The van der Waals surface area contributed by atoms with Crippen LogP contribution in [-0.2, 0) is 16.1 Å². The fourth-order valence-corrected chi connectivity index (χ4v) is 5.12. The van der Waals surface area contributed by atoms with Crippen molar-refractivity contribution in [1.82, 2.24) is 9.80 Å². The topological polar surface area (TPSA) is 43.9 Å². The number of piperazine rings is 1. The van der Waals surface area contributed by atoms with E-state index in [4.69, 9.17) is 0 Å². The van der Waals surface area contributed by atoms with Crippen LogP contribution in [0.4, 0.5) is 5.69 Å². The van der Waals surface area contributed by atoms with Crippen molar-refractivity contribution in [2.75, 3.05) is 31.1 Å². The van der Waals surface area contributed by atoms with E-state index in [-0.39, 0.29) is 11.8 Å². The van der Waals surface area contributed by atoms with Crippen LogP contribution in [0.3, 0.4) is 0 Å². The van der Waals surface area contributed by atoms with Crippen molar-refractivity contribution >= 4 is 34.4 Å². The molecule has 2 amide bonds. The number of carbonyl (C=O) groups excluding carboxylic acids is 2. The van der Waals surface area contributed by atoms with Gasteiger partial charge >= 0.3 is 0 Å². The second kappa shape index (κ2) is 8.73. The zero-order chi connectivity index (χ0) is 22.1. The molecule has 5 nitrogen and oxygen atoms in total. The number of anilines is 1. The summed E-state index contributed by atoms with van der Waals surface area (Å²) in [5.74, 6) is -0.457. The highest BCUT2D eigenvalue weighted by atomic mass is 32.1. The lowest BCUT2D eigenvalue weighted by Crippen LogP contribution is -2.47. The first-order chi connectivity index (χ1) is 15.6. The Bertz CT molecular complexity index is 1150. The maximum atomic E-state index is 13.6. The Labute approximate surface area is 192 Å². The molecule has 0 atom stereocenters. The lowest BCUT2D eigenvalue weighted by atomic mass is 10.1. The summed E-state index contributed by atoms with van der Waals surface area (Å²) in [6, 6.07) is 21.8. The minimum Gasteiger partial charge on any atom is -0.364 e. The maximum Gasteiger partial charge on any atom is 0.282 e. The van der Waals surface area contributed by atoms with E-state index in [0.717, 1.165) is 43.2 Å². The second-order valence-electron chi connectivity index (χ2n) is 8.23. The van der Waals surface area contributed by atoms with Gasteiger partial charge in [0.15, 0.2) is 0 Å². The molecule has 0 radical (unpaired) electrons. The van der Waals surface area contributed by atoms with Gasteiger partial charge in [-0.1, -0.05) is 54.1 Å². The Morgan fingerprint density at radius 3 is 2.19 bits per heavy atom. The number of aryl methyl sites for hydroxylation is 1. The van der Waals surface area contributed by atoms with Crippen LogP contribution in [0.5, 0.6) is 0 Å². The molecular weight excluding hydrogens is 418 g/mol. The first kappa shape index (κ1) is 20.7. The third-order valence-electron chi connectivity index (χ3n) is 6.06. The lowest BCUT2D eigenvalue weighted by Gasteiger charge is -2.36. The summed E-state index contributed by atoms with van der Waals surface area (Å²) >= 11 is 1.50. The molecule has 32 heavy (non-hydrogen) atoms. The highest BCUT2D eigenvalue weighted by Crippen LogP contribution is 2.36. The molecule has 3 heterocycles. The second-order valence-corrected chi connectivity index (χ2v) is 9.18. The number of hydrogen-bond donors (Lipinski definition) is 0. The highest BCUT2D eigenvalue weighted by molar-refractivity contribution is 7.11. The zero-order valence-corrected chi connectivity index (χ0v) is 18.8. The normalized spacial score (nSPS) is 17.5. The quantitative estimate of drug-likeness (QED) is 0.556. The minimum atomic E-state index is -0.233. The molecule has 0 spiro atoms. The number of thiophene rings is 1. The third kappa shape index (κ3) is 3.87. The molecule has 6 heteroatoms. The van der Waals surface area contributed by atoms with Gasteiger partial charge in [0, 0.05) is 37.6 Å². The van der Waals surface area contributed by atoms with E-state index in [0.29, 0.717) is 17.0 Å². The molecule has 0 unspecified atom stereocenters. The van der Waals surface area contributed by atoms with Gasteiger partial charge in [-0.05, 0) is 36.1 Å². The van der Waals surface area contributed by atoms with Crippen LogP contribution in [0.25, 0.3) is 5.57 Å². The van der Waals surface area contributed by atoms with Gasteiger partial charge in [0.05, 0.1) is 11.3 Å². The standard InChI is InChI=1S/C26H25N3O2S/c1-19-9-11-21(12-10-19)29-25(30)23(22-8-5-17-32-22)24(26(29)31)28-15-13-27(14-16-28)18-20-6-3-2-4-7-20/h2-12,17H,13-16,18H2,1H3. The maximum absolute atomic E-state index is 13.6. The summed E-state index contributed by atoms with van der Waals surface area (Å²) in [6.07, 6.45) is 0. The molecule has 162 valence electrons. The average molecular weight is 444 g/mol. The number of hydrogen-bond acceptors (Lipinski definition) is 5. The van der Waals surface area contributed by atoms with Gasteiger partial charge in [-0.3, -0.25) is 14.5 Å². The van der Waals surface area contributed by atoms with Crippen LogP contribution < -0.4 is 4.90 Å². The minimum absolute atomic E-state index is 0.223. The van der Waals surface area contributed by atoms with E-state index in [9.17, 15) is 9.59 Å². The molecule has 5 rings (SSSR count). The smallest absolute Gasteiger partial charge is 0.282 e. The van der Waals surface area contributed by atoms with Crippen molar-refractivity contribution in [2.45, 2.75) is 13.5 Å². The van der Waals surface area contributed by atoms with Crippen molar-refractivity contribution in [2.24, 2.45) is 0 Å². The molecule has 2 aromatic carbocycles. The molecule has 1 saturated heterocycles. The molecule has 0 saturated carbocycles. The van der Waals surface area contributed by atoms with Crippen LogP contribution in [0.2, 0.25) is 0 Å². The Kier molecular flexibility index (Phi) is 5.64.